The van der Waals surface area contributed by atoms with Crippen molar-refractivity contribution in [1.29, 1.82) is 0 Å². The van der Waals surface area contributed by atoms with Crippen LogP contribution in [0.3, 0.4) is 0 Å². The number of hydrogen-bond acceptors (Lipinski definition) is 3. The molecule has 1 saturated carbocycles. The maximum atomic E-state index is 11.9. The van der Waals surface area contributed by atoms with Gasteiger partial charge in [0.2, 0.25) is 0 Å². The van der Waals surface area contributed by atoms with E-state index in [9.17, 15) is 4.79 Å². The van der Waals surface area contributed by atoms with Crippen molar-refractivity contribution < 1.29 is 4.79 Å². The number of pyridine rings is 1. The van der Waals surface area contributed by atoms with Gasteiger partial charge in [-0.3, -0.25) is 14.3 Å². The van der Waals surface area contributed by atoms with Crippen molar-refractivity contribution in [3.8, 4) is 0 Å². The van der Waals surface area contributed by atoms with E-state index in [0.717, 1.165) is 5.69 Å². The zero-order valence-corrected chi connectivity index (χ0v) is 8.71. The van der Waals surface area contributed by atoms with Crippen LogP contribution in [0.1, 0.15) is 34.8 Å². The van der Waals surface area contributed by atoms with Crippen molar-refractivity contribution in [1.82, 2.24) is 14.5 Å². The van der Waals surface area contributed by atoms with Gasteiger partial charge in [0.1, 0.15) is 6.33 Å². The highest BCUT2D eigenvalue weighted by Crippen LogP contribution is 2.38. The van der Waals surface area contributed by atoms with Gasteiger partial charge in [0.05, 0.1) is 5.56 Å². The Labute approximate surface area is 93.0 Å². The Hall–Kier alpha value is -1.97. The predicted molar refractivity (Wildman–Crippen MR) is 58.2 cm³/mol. The molecule has 80 valence electrons. The van der Waals surface area contributed by atoms with E-state index in [4.69, 9.17) is 0 Å². The number of nitrogens with zero attached hydrogens (tertiary/aromatic N) is 3. The quantitative estimate of drug-likeness (QED) is 0.764. The molecule has 0 spiro atoms. The van der Waals surface area contributed by atoms with Gasteiger partial charge in [0.15, 0.2) is 0 Å². The molecule has 2 aromatic rings. The summed E-state index contributed by atoms with van der Waals surface area (Å²) < 4.78 is 1.45. The van der Waals surface area contributed by atoms with Crippen molar-refractivity contribution in [2.45, 2.75) is 18.8 Å². The van der Waals surface area contributed by atoms with Gasteiger partial charge < -0.3 is 0 Å². The minimum absolute atomic E-state index is 0.0904. The molecule has 0 N–H and O–H groups in total. The molecule has 0 amide bonds. The molecule has 1 fully saturated rings. The lowest BCUT2D eigenvalue weighted by Gasteiger charge is -2.02. The first-order valence-electron chi connectivity index (χ1n) is 5.33. The summed E-state index contributed by atoms with van der Waals surface area (Å²) >= 11 is 0. The van der Waals surface area contributed by atoms with E-state index in [2.05, 4.69) is 9.97 Å². The summed E-state index contributed by atoms with van der Waals surface area (Å²) in [5.41, 5.74) is 1.70. The second kappa shape index (κ2) is 3.56. The standard InChI is InChI=1S/C12H11N3O/c16-12(15-6-5-13-8-15)10-3-4-11(14-7-10)9-1-2-9/h3-9H,1-2H2. The molecule has 0 aliphatic heterocycles. The van der Waals surface area contributed by atoms with Gasteiger partial charge in [-0.2, -0.15) is 0 Å². The predicted octanol–water partition coefficient (Wildman–Crippen LogP) is 1.84. The van der Waals surface area contributed by atoms with Crippen molar-refractivity contribution in [3.05, 3.63) is 48.3 Å². The second-order valence-corrected chi connectivity index (χ2v) is 4.02. The third-order valence-corrected chi connectivity index (χ3v) is 2.77. The highest BCUT2D eigenvalue weighted by Gasteiger charge is 2.24. The molecule has 16 heavy (non-hydrogen) atoms. The van der Waals surface area contributed by atoms with E-state index in [0.29, 0.717) is 11.5 Å². The fraction of sp³-hybridized carbons (Fsp3) is 0.250. The summed E-state index contributed by atoms with van der Waals surface area (Å²) in [7, 11) is 0. The van der Waals surface area contributed by atoms with Gasteiger partial charge in [-0.25, -0.2) is 4.98 Å². The molecule has 1 aliphatic carbocycles. The van der Waals surface area contributed by atoms with Crippen LogP contribution < -0.4 is 0 Å². The zero-order valence-electron chi connectivity index (χ0n) is 8.71. The van der Waals surface area contributed by atoms with E-state index < -0.39 is 0 Å². The molecule has 0 unspecified atom stereocenters. The maximum absolute atomic E-state index is 11.9. The maximum Gasteiger partial charge on any atom is 0.264 e. The van der Waals surface area contributed by atoms with Gasteiger partial charge in [-0.15, -0.1) is 0 Å². The average Bonchev–Trinajstić information content (AvgIpc) is 3.04. The normalized spacial score (nSPS) is 15.0. The van der Waals surface area contributed by atoms with Crippen LogP contribution >= 0.6 is 0 Å². The summed E-state index contributed by atoms with van der Waals surface area (Å²) in [4.78, 5) is 20.1. The molecular weight excluding hydrogens is 202 g/mol. The summed E-state index contributed by atoms with van der Waals surface area (Å²) in [6, 6.07) is 3.78. The first-order chi connectivity index (χ1) is 7.84. The Balaban J connectivity index is 1.86. The van der Waals surface area contributed by atoms with Crippen molar-refractivity contribution >= 4 is 5.91 Å². The minimum Gasteiger partial charge on any atom is -0.272 e. The number of rotatable bonds is 2. The third kappa shape index (κ3) is 1.62. The van der Waals surface area contributed by atoms with E-state index >= 15 is 0 Å². The Morgan fingerprint density at radius 2 is 2.25 bits per heavy atom. The highest BCUT2D eigenvalue weighted by atomic mass is 16.2. The van der Waals surface area contributed by atoms with E-state index in [1.165, 1.54) is 23.7 Å². The molecule has 2 heterocycles. The first-order valence-corrected chi connectivity index (χ1v) is 5.33. The van der Waals surface area contributed by atoms with Gasteiger partial charge in [0.25, 0.3) is 5.91 Å². The van der Waals surface area contributed by atoms with Gasteiger partial charge >= 0.3 is 0 Å². The van der Waals surface area contributed by atoms with E-state index in [1.807, 2.05) is 12.1 Å². The third-order valence-electron chi connectivity index (χ3n) is 2.77. The molecule has 0 aromatic carbocycles. The van der Waals surface area contributed by atoms with Crippen LogP contribution in [0.5, 0.6) is 0 Å². The number of hydrogen-bond donors (Lipinski definition) is 0. The second-order valence-electron chi connectivity index (χ2n) is 4.02. The van der Waals surface area contributed by atoms with Crippen molar-refractivity contribution in [2.75, 3.05) is 0 Å². The fourth-order valence-corrected chi connectivity index (χ4v) is 1.68. The largest absolute Gasteiger partial charge is 0.272 e. The lowest BCUT2D eigenvalue weighted by molar-refractivity contribution is 0.0959. The lowest BCUT2D eigenvalue weighted by Crippen LogP contribution is -2.10. The van der Waals surface area contributed by atoms with Crippen LogP contribution in [0.25, 0.3) is 0 Å². The summed E-state index contributed by atoms with van der Waals surface area (Å²) in [5.74, 6) is 0.532. The average molecular weight is 213 g/mol. The molecule has 2 aromatic heterocycles. The van der Waals surface area contributed by atoms with Crippen molar-refractivity contribution in [2.24, 2.45) is 0 Å². The van der Waals surface area contributed by atoms with Crippen LogP contribution in [-0.2, 0) is 0 Å². The lowest BCUT2D eigenvalue weighted by atomic mass is 10.2. The fourth-order valence-electron chi connectivity index (χ4n) is 1.68. The number of carbonyl (C=O) groups is 1. The van der Waals surface area contributed by atoms with Crippen LogP contribution in [0.2, 0.25) is 0 Å². The molecule has 4 heteroatoms. The smallest absolute Gasteiger partial charge is 0.264 e. The molecule has 1 aliphatic rings. The molecule has 3 rings (SSSR count). The van der Waals surface area contributed by atoms with Gasteiger partial charge in [-0.1, -0.05) is 0 Å². The summed E-state index contributed by atoms with van der Waals surface area (Å²) in [6.07, 6.45) is 8.82. The Morgan fingerprint density at radius 1 is 1.38 bits per heavy atom. The monoisotopic (exact) mass is 213 g/mol. The van der Waals surface area contributed by atoms with E-state index in [1.54, 1.807) is 18.6 Å². The van der Waals surface area contributed by atoms with Crippen LogP contribution in [-0.4, -0.2) is 20.4 Å². The Kier molecular flexibility index (Phi) is 2.06. The molecule has 4 nitrogen and oxygen atoms in total. The topological polar surface area (TPSA) is 47.8 Å². The Bertz CT molecular complexity index is 498. The van der Waals surface area contributed by atoms with E-state index in [-0.39, 0.29) is 5.91 Å². The molecule has 0 radical (unpaired) electrons. The van der Waals surface area contributed by atoms with Crippen LogP contribution in [0.15, 0.2) is 37.1 Å². The Morgan fingerprint density at radius 3 is 2.81 bits per heavy atom. The number of aromatic nitrogens is 3. The number of imidazole rings is 1. The first kappa shape index (κ1) is 9.27. The molecule has 0 bridgehead atoms. The highest BCUT2D eigenvalue weighted by molar-refractivity contribution is 5.95. The molecular formula is C12H11N3O. The summed E-state index contributed by atoms with van der Waals surface area (Å²) in [6.45, 7) is 0. The summed E-state index contributed by atoms with van der Waals surface area (Å²) in [5, 5.41) is 0. The minimum atomic E-state index is -0.0904. The van der Waals surface area contributed by atoms with Crippen molar-refractivity contribution in [3.63, 3.8) is 0 Å². The van der Waals surface area contributed by atoms with Gasteiger partial charge in [-0.05, 0) is 25.0 Å². The van der Waals surface area contributed by atoms with Gasteiger partial charge in [0, 0.05) is 30.2 Å². The SMILES string of the molecule is O=C(c1ccc(C2CC2)nc1)n1ccnc1. The molecule has 0 saturated heterocycles. The number of carbonyl (C=O) groups excluding carboxylic acids is 1. The molecule has 0 atom stereocenters. The van der Waals surface area contributed by atoms with Crippen LogP contribution in [0.4, 0.5) is 0 Å². The zero-order chi connectivity index (χ0) is 11.0. The van der Waals surface area contributed by atoms with Crippen LogP contribution in [0, 0.1) is 0 Å².